The van der Waals surface area contributed by atoms with Crippen molar-refractivity contribution in [1.82, 2.24) is 9.97 Å². The predicted octanol–water partition coefficient (Wildman–Crippen LogP) is 2.73. The number of hydrogen-bond donors (Lipinski definition) is 0. The third-order valence-electron chi connectivity index (χ3n) is 2.14. The zero-order chi connectivity index (χ0) is 10.7. The highest BCUT2D eigenvalue weighted by Crippen LogP contribution is 2.18. The van der Waals surface area contributed by atoms with Gasteiger partial charge < -0.3 is 4.74 Å². The molecule has 0 saturated heterocycles. The van der Waals surface area contributed by atoms with E-state index in [1.807, 2.05) is 6.92 Å². The van der Waals surface area contributed by atoms with Crippen LogP contribution in [0.5, 0.6) is 5.88 Å². The molecule has 0 aromatic carbocycles. The fraction of sp³-hybridized carbons (Fsp3) is 0.273. The van der Waals surface area contributed by atoms with Crippen molar-refractivity contribution in [3.05, 3.63) is 40.0 Å². The van der Waals surface area contributed by atoms with E-state index in [1.54, 1.807) is 23.7 Å². The number of nitrogens with zero attached hydrogens (tertiary/aromatic N) is 2. The van der Waals surface area contributed by atoms with Crippen molar-refractivity contribution in [2.45, 2.75) is 20.5 Å². The van der Waals surface area contributed by atoms with Crippen molar-refractivity contribution in [2.24, 2.45) is 0 Å². The Morgan fingerprint density at radius 3 is 2.73 bits per heavy atom. The van der Waals surface area contributed by atoms with Crippen LogP contribution in [0.1, 0.15) is 16.1 Å². The van der Waals surface area contributed by atoms with Gasteiger partial charge in [0, 0.05) is 17.3 Å². The van der Waals surface area contributed by atoms with Crippen LogP contribution in [0.4, 0.5) is 0 Å². The monoisotopic (exact) mass is 220 g/mol. The second-order valence-electron chi connectivity index (χ2n) is 3.26. The molecule has 0 unspecified atom stereocenters. The van der Waals surface area contributed by atoms with Gasteiger partial charge in [0.1, 0.15) is 6.61 Å². The van der Waals surface area contributed by atoms with Gasteiger partial charge in [-0.1, -0.05) is 0 Å². The maximum Gasteiger partial charge on any atom is 0.235 e. The largest absolute Gasteiger partial charge is 0.471 e. The van der Waals surface area contributed by atoms with Gasteiger partial charge in [0.2, 0.25) is 5.88 Å². The number of thiophene rings is 1. The van der Waals surface area contributed by atoms with Gasteiger partial charge in [-0.05, 0) is 30.9 Å². The average molecular weight is 220 g/mol. The molecule has 0 radical (unpaired) electrons. The minimum Gasteiger partial charge on any atom is -0.471 e. The van der Waals surface area contributed by atoms with Gasteiger partial charge in [0.05, 0.1) is 5.69 Å². The van der Waals surface area contributed by atoms with Crippen molar-refractivity contribution in [2.75, 3.05) is 0 Å². The average Bonchev–Trinajstić information content (AvgIpc) is 2.63. The Morgan fingerprint density at radius 1 is 1.27 bits per heavy atom. The molecule has 0 saturated carbocycles. The van der Waals surface area contributed by atoms with E-state index < -0.39 is 0 Å². The molecule has 78 valence electrons. The smallest absolute Gasteiger partial charge is 0.235 e. The van der Waals surface area contributed by atoms with E-state index in [9.17, 15) is 0 Å². The first-order chi connectivity index (χ1) is 7.27. The lowest BCUT2D eigenvalue weighted by atomic mass is 10.3. The molecule has 0 aliphatic rings. The van der Waals surface area contributed by atoms with Crippen molar-refractivity contribution in [3.63, 3.8) is 0 Å². The summed E-state index contributed by atoms with van der Waals surface area (Å²) in [6.07, 6.45) is 3.31. The van der Waals surface area contributed by atoms with Crippen LogP contribution in [0, 0.1) is 13.8 Å². The number of rotatable bonds is 3. The summed E-state index contributed by atoms with van der Waals surface area (Å²) in [4.78, 5) is 9.48. The summed E-state index contributed by atoms with van der Waals surface area (Å²) < 4.78 is 5.60. The summed E-state index contributed by atoms with van der Waals surface area (Å²) in [5, 5.41) is 2.07. The van der Waals surface area contributed by atoms with Crippen LogP contribution in [0.3, 0.4) is 0 Å². The normalized spacial score (nSPS) is 10.3. The molecule has 15 heavy (non-hydrogen) atoms. The van der Waals surface area contributed by atoms with Crippen molar-refractivity contribution in [3.8, 4) is 5.88 Å². The maximum absolute atomic E-state index is 5.60. The number of ether oxygens (including phenoxy) is 1. The minimum absolute atomic E-state index is 0.572. The van der Waals surface area contributed by atoms with Gasteiger partial charge in [-0.3, -0.25) is 4.98 Å². The quantitative estimate of drug-likeness (QED) is 0.797. The molecule has 0 bridgehead atoms. The molecule has 0 N–H and O–H groups in total. The van der Waals surface area contributed by atoms with Gasteiger partial charge in [0.25, 0.3) is 0 Å². The summed E-state index contributed by atoms with van der Waals surface area (Å²) in [7, 11) is 0. The standard InChI is InChI=1S/C11H12N2OS/c1-8-3-6-15-10(8)7-14-11-9(2)12-4-5-13-11/h3-6H,7H2,1-2H3. The second-order valence-corrected chi connectivity index (χ2v) is 4.26. The van der Waals surface area contributed by atoms with Crippen molar-refractivity contribution in [1.29, 1.82) is 0 Å². The lowest BCUT2D eigenvalue weighted by molar-refractivity contribution is 0.292. The Bertz CT molecular complexity index is 453. The number of aromatic nitrogens is 2. The van der Waals surface area contributed by atoms with Crippen molar-refractivity contribution < 1.29 is 4.74 Å². The lowest BCUT2D eigenvalue weighted by Gasteiger charge is -2.05. The molecule has 0 atom stereocenters. The SMILES string of the molecule is Cc1ccsc1COc1nccnc1C. The Kier molecular flexibility index (Phi) is 2.97. The molecule has 0 fully saturated rings. The zero-order valence-electron chi connectivity index (χ0n) is 8.73. The second kappa shape index (κ2) is 4.40. The lowest BCUT2D eigenvalue weighted by Crippen LogP contribution is -1.99. The molecule has 2 rings (SSSR count). The molecule has 2 aromatic heterocycles. The Labute approximate surface area is 92.8 Å². The van der Waals surface area contributed by atoms with E-state index in [1.165, 1.54) is 10.4 Å². The molecule has 0 spiro atoms. The van der Waals surface area contributed by atoms with E-state index in [0.29, 0.717) is 12.5 Å². The molecular weight excluding hydrogens is 208 g/mol. The highest BCUT2D eigenvalue weighted by atomic mass is 32.1. The molecule has 2 aromatic rings. The van der Waals surface area contributed by atoms with Gasteiger partial charge in [-0.25, -0.2) is 4.98 Å². The predicted molar refractivity (Wildman–Crippen MR) is 60.2 cm³/mol. The zero-order valence-corrected chi connectivity index (χ0v) is 9.54. The molecule has 0 amide bonds. The molecule has 3 nitrogen and oxygen atoms in total. The van der Waals surface area contributed by atoms with E-state index >= 15 is 0 Å². The molecule has 0 aliphatic heterocycles. The fourth-order valence-corrected chi connectivity index (χ4v) is 2.04. The first-order valence-corrected chi connectivity index (χ1v) is 5.58. The first kappa shape index (κ1) is 10.1. The summed E-state index contributed by atoms with van der Waals surface area (Å²) in [5.74, 6) is 0.616. The van der Waals surface area contributed by atoms with Crippen LogP contribution in [0.15, 0.2) is 23.8 Å². The summed E-state index contributed by atoms with van der Waals surface area (Å²) in [6, 6.07) is 2.09. The maximum atomic E-state index is 5.60. The van der Waals surface area contributed by atoms with Crippen LogP contribution < -0.4 is 4.74 Å². The fourth-order valence-electron chi connectivity index (χ4n) is 1.22. The molecule has 0 aliphatic carbocycles. The molecule has 4 heteroatoms. The van der Waals surface area contributed by atoms with Crippen LogP contribution in [0.2, 0.25) is 0 Å². The van der Waals surface area contributed by atoms with E-state index in [-0.39, 0.29) is 0 Å². The van der Waals surface area contributed by atoms with E-state index in [4.69, 9.17) is 4.74 Å². The Balaban J connectivity index is 2.06. The molecular formula is C11H12N2OS. The third kappa shape index (κ3) is 2.33. The van der Waals surface area contributed by atoms with E-state index in [0.717, 1.165) is 5.69 Å². The van der Waals surface area contributed by atoms with Gasteiger partial charge in [-0.15, -0.1) is 11.3 Å². The Hall–Kier alpha value is -1.42. The van der Waals surface area contributed by atoms with Gasteiger partial charge in [0.15, 0.2) is 0 Å². The van der Waals surface area contributed by atoms with Crippen molar-refractivity contribution >= 4 is 11.3 Å². The number of hydrogen-bond acceptors (Lipinski definition) is 4. The highest BCUT2D eigenvalue weighted by Gasteiger charge is 2.04. The summed E-state index contributed by atoms with van der Waals surface area (Å²) in [6.45, 7) is 4.55. The number of aryl methyl sites for hydroxylation is 2. The third-order valence-corrected chi connectivity index (χ3v) is 3.14. The first-order valence-electron chi connectivity index (χ1n) is 4.71. The summed E-state index contributed by atoms with van der Waals surface area (Å²) in [5.41, 5.74) is 2.09. The molecule has 2 heterocycles. The van der Waals surface area contributed by atoms with E-state index in [2.05, 4.69) is 28.3 Å². The van der Waals surface area contributed by atoms with Crippen LogP contribution in [-0.2, 0) is 6.61 Å². The van der Waals surface area contributed by atoms with Crippen LogP contribution >= 0.6 is 11.3 Å². The highest BCUT2D eigenvalue weighted by molar-refractivity contribution is 7.10. The van der Waals surface area contributed by atoms with Crippen LogP contribution in [0.25, 0.3) is 0 Å². The minimum atomic E-state index is 0.572. The van der Waals surface area contributed by atoms with Gasteiger partial charge >= 0.3 is 0 Å². The summed E-state index contributed by atoms with van der Waals surface area (Å²) >= 11 is 1.70. The topological polar surface area (TPSA) is 35.0 Å². The van der Waals surface area contributed by atoms with Gasteiger partial charge in [-0.2, -0.15) is 0 Å². The Morgan fingerprint density at radius 2 is 2.07 bits per heavy atom. The van der Waals surface area contributed by atoms with Crippen LogP contribution in [-0.4, -0.2) is 9.97 Å².